The molecular weight excluding hydrogens is 196 g/mol. The lowest BCUT2D eigenvalue weighted by Gasteiger charge is -2.15. The van der Waals surface area contributed by atoms with E-state index in [-0.39, 0.29) is 0 Å². The Hall–Kier alpha value is -0.980. The summed E-state index contributed by atoms with van der Waals surface area (Å²) in [6, 6.07) is 4.13. The van der Waals surface area contributed by atoms with Crippen LogP contribution in [-0.4, -0.2) is 5.11 Å². The summed E-state index contributed by atoms with van der Waals surface area (Å²) < 4.78 is 0. The van der Waals surface area contributed by atoms with Crippen LogP contribution >= 0.6 is 0 Å². The fourth-order valence-electron chi connectivity index (χ4n) is 2.07. The van der Waals surface area contributed by atoms with E-state index >= 15 is 0 Å². The van der Waals surface area contributed by atoms with E-state index in [4.69, 9.17) is 0 Å². The predicted octanol–water partition coefficient (Wildman–Crippen LogP) is 4.56. The van der Waals surface area contributed by atoms with E-state index in [1.54, 1.807) is 0 Å². The zero-order valence-corrected chi connectivity index (χ0v) is 11.0. The number of rotatable bonds is 5. The largest absolute Gasteiger partial charge is 0.508 e. The number of unbranched alkanes of at least 4 members (excludes halogenated alkanes) is 1. The first-order valence-corrected chi connectivity index (χ1v) is 6.42. The van der Waals surface area contributed by atoms with Crippen LogP contribution in [0, 0.1) is 6.92 Å². The van der Waals surface area contributed by atoms with Gasteiger partial charge in [-0.3, -0.25) is 0 Å². The number of hydrogen-bond acceptors (Lipinski definition) is 1. The molecule has 0 aliphatic carbocycles. The molecule has 0 fully saturated rings. The van der Waals surface area contributed by atoms with Crippen molar-refractivity contribution in [3.8, 4) is 5.75 Å². The minimum absolute atomic E-state index is 0.470. The molecule has 0 aromatic heterocycles. The fraction of sp³-hybridized carbons (Fsp3) is 0.600. The molecule has 0 aliphatic heterocycles. The van der Waals surface area contributed by atoms with Gasteiger partial charge < -0.3 is 5.11 Å². The van der Waals surface area contributed by atoms with Crippen LogP contribution in [-0.2, 0) is 6.42 Å². The Balaban J connectivity index is 3.01. The lowest BCUT2D eigenvalue weighted by Crippen LogP contribution is -1.98. The van der Waals surface area contributed by atoms with Crippen molar-refractivity contribution < 1.29 is 5.11 Å². The van der Waals surface area contributed by atoms with Crippen LogP contribution < -0.4 is 0 Å². The van der Waals surface area contributed by atoms with E-state index in [1.807, 2.05) is 6.07 Å². The Morgan fingerprint density at radius 1 is 1.25 bits per heavy atom. The summed E-state index contributed by atoms with van der Waals surface area (Å²) in [6.45, 7) is 8.73. The predicted molar refractivity (Wildman–Crippen MR) is 70.2 cm³/mol. The second kappa shape index (κ2) is 5.93. The molecule has 1 unspecified atom stereocenters. The number of hydrogen-bond donors (Lipinski definition) is 1. The van der Waals surface area contributed by atoms with Gasteiger partial charge in [0.2, 0.25) is 0 Å². The van der Waals surface area contributed by atoms with Crippen LogP contribution in [0.5, 0.6) is 5.75 Å². The molecule has 0 bridgehead atoms. The summed E-state index contributed by atoms with van der Waals surface area (Å²) in [5.41, 5.74) is 3.72. The maximum atomic E-state index is 9.90. The lowest BCUT2D eigenvalue weighted by molar-refractivity contribution is 0.465. The Labute approximate surface area is 99.5 Å². The first kappa shape index (κ1) is 13.1. The molecule has 1 N–H and O–H groups in total. The molecule has 1 aromatic rings. The third kappa shape index (κ3) is 3.01. The molecule has 0 amide bonds. The third-order valence-corrected chi connectivity index (χ3v) is 3.41. The third-order valence-electron chi connectivity index (χ3n) is 3.41. The molecule has 0 spiro atoms. The number of phenols is 1. The van der Waals surface area contributed by atoms with Gasteiger partial charge in [0.25, 0.3) is 0 Å². The van der Waals surface area contributed by atoms with Gasteiger partial charge in [0.15, 0.2) is 0 Å². The van der Waals surface area contributed by atoms with Gasteiger partial charge in [-0.2, -0.15) is 0 Å². The summed E-state index contributed by atoms with van der Waals surface area (Å²) in [5.74, 6) is 1.05. The zero-order chi connectivity index (χ0) is 12.1. The van der Waals surface area contributed by atoms with E-state index in [0.29, 0.717) is 11.7 Å². The number of phenolic OH excluding ortho intramolecular Hbond substituents is 1. The van der Waals surface area contributed by atoms with Gasteiger partial charge in [-0.1, -0.05) is 33.3 Å². The average molecular weight is 220 g/mol. The van der Waals surface area contributed by atoms with E-state index in [1.165, 1.54) is 17.5 Å². The molecule has 0 saturated carbocycles. The molecule has 0 saturated heterocycles. The molecule has 1 heteroatoms. The molecular formula is C15H24O. The van der Waals surface area contributed by atoms with Crippen molar-refractivity contribution in [2.75, 3.05) is 0 Å². The van der Waals surface area contributed by atoms with Crippen molar-refractivity contribution in [3.63, 3.8) is 0 Å². The topological polar surface area (TPSA) is 20.2 Å². The van der Waals surface area contributed by atoms with Crippen LogP contribution in [0.25, 0.3) is 0 Å². The average Bonchev–Trinajstić information content (AvgIpc) is 2.27. The highest BCUT2D eigenvalue weighted by Crippen LogP contribution is 2.29. The van der Waals surface area contributed by atoms with Crippen molar-refractivity contribution >= 4 is 0 Å². The van der Waals surface area contributed by atoms with Crippen molar-refractivity contribution in [1.29, 1.82) is 0 Å². The van der Waals surface area contributed by atoms with Gasteiger partial charge in [0.1, 0.15) is 5.75 Å². The molecule has 1 atom stereocenters. The van der Waals surface area contributed by atoms with Crippen molar-refractivity contribution in [2.24, 2.45) is 0 Å². The summed E-state index contributed by atoms with van der Waals surface area (Å²) in [5, 5.41) is 9.90. The van der Waals surface area contributed by atoms with E-state index in [0.717, 1.165) is 24.8 Å². The molecule has 90 valence electrons. The normalized spacial score (nSPS) is 12.8. The first-order valence-electron chi connectivity index (χ1n) is 6.42. The first-order chi connectivity index (χ1) is 7.60. The highest BCUT2D eigenvalue weighted by atomic mass is 16.3. The zero-order valence-electron chi connectivity index (χ0n) is 11.0. The molecule has 1 aromatic carbocycles. The van der Waals surface area contributed by atoms with Gasteiger partial charge >= 0.3 is 0 Å². The smallest absolute Gasteiger partial charge is 0.119 e. The Morgan fingerprint density at radius 3 is 2.50 bits per heavy atom. The minimum Gasteiger partial charge on any atom is -0.508 e. The maximum absolute atomic E-state index is 9.90. The molecule has 0 aliphatic rings. The number of aryl methyl sites for hydroxylation is 2. The SMILES string of the molecule is CCCCc1cc(C(C)CC)c(C)cc1O. The van der Waals surface area contributed by atoms with Gasteiger partial charge in [0.05, 0.1) is 0 Å². The van der Waals surface area contributed by atoms with Crippen LogP contribution in [0.2, 0.25) is 0 Å². The summed E-state index contributed by atoms with van der Waals surface area (Å²) in [7, 11) is 0. The highest BCUT2D eigenvalue weighted by Gasteiger charge is 2.10. The van der Waals surface area contributed by atoms with Crippen molar-refractivity contribution in [3.05, 3.63) is 28.8 Å². The molecule has 1 nitrogen and oxygen atoms in total. The highest BCUT2D eigenvalue weighted by molar-refractivity contribution is 5.42. The van der Waals surface area contributed by atoms with Gasteiger partial charge in [0, 0.05) is 0 Å². The van der Waals surface area contributed by atoms with Gasteiger partial charge in [-0.05, 0) is 54.9 Å². The van der Waals surface area contributed by atoms with E-state index < -0.39 is 0 Å². The Kier molecular flexibility index (Phi) is 4.85. The molecule has 1 rings (SSSR count). The van der Waals surface area contributed by atoms with Gasteiger partial charge in [-0.15, -0.1) is 0 Å². The summed E-state index contributed by atoms with van der Waals surface area (Å²) in [4.78, 5) is 0. The Morgan fingerprint density at radius 2 is 1.94 bits per heavy atom. The second-order valence-electron chi connectivity index (χ2n) is 4.75. The molecule has 0 heterocycles. The number of aromatic hydroxyl groups is 1. The second-order valence-corrected chi connectivity index (χ2v) is 4.75. The van der Waals surface area contributed by atoms with Crippen LogP contribution in [0.1, 0.15) is 62.6 Å². The summed E-state index contributed by atoms with van der Waals surface area (Å²) in [6.07, 6.45) is 4.47. The number of benzene rings is 1. The monoisotopic (exact) mass is 220 g/mol. The molecule has 16 heavy (non-hydrogen) atoms. The minimum atomic E-state index is 0.470. The van der Waals surface area contributed by atoms with Crippen molar-refractivity contribution in [2.45, 2.75) is 59.3 Å². The fourth-order valence-corrected chi connectivity index (χ4v) is 2.07. The summed E-state index contributed by atoms with van der Waals surface area (Å²) >= 11 is 0. The quantitative estimate of drug-likeness (QED) is 0.771. The van der Waals surface area contributed by atoms with E-state index in [9.17, 15) is 5.11 Å². The van der Waals surface area contributed by atoms with Crippen molar-refractivity contribution in [1.82, 2.24) is 0 Å². The van der Waals surface area contributed by atoms with Crippen LogP contribution in [0.4, 0.5) is 0 Å². The van der Waals surface area contributed by atoms with Crippen LogP contribution in [0.3, 0.4) is 0 Å². The standard InChI is InChI=1S/C15H24O/c1-5-7-8-13-10-14(11(3)6-2)12(4)9-15(13)16/h9-11,16H,5-8H2,1-4H3. The van der Waals surface area contributed by atoms with Crippen LogP contribution in [0.15, 0.2) is 12.1 Å². The van der Waals surface area contributed by atoms with E-state index in [2.05, 4.69) is 33.8 Å². The maximum Gasteiger partial charge on any atom is 0.119 e. The molecule has 0 radical (unpaired) electrons. The lowest BCUT2D eigenvalue weighted by atomic mass is 9.91. The Bertz CT molecular complexity index is 342. The van der Waals surface area contributed by atoms with Gasteiger partial charge in [-0.25, -0.2) is 0 Å².